The SMILES string of the molecule is CCC(Nc1cc(F)c(Br)cc1F)C(C)C. The third-order valence-electron chi connectivity index (χ3n) is 2.60. The lowest BCUT2D eigenvalue weighted by Gasteiger charge is -2.22. The lowest BCUT2D eigenvalue weighted by molar-refractivity contribution is 0.505. The molecule has 1 nitrogen and oxygen atoms in total. The summed E-state index contributed by atoms with van der Waals surface area (Å²) >= 11 is 2.95. The predicted molar refractivity (Wildman–Crippen MR) is 66.6 cm³/mol. The minimum absolute atomic E-state index is 0.146. The fourth-order valence-corrected chi connectivity index (χ4v) is 1.89. The van der Waals surface area contributed by atoms with E-state index in [0.717, 1.165) is 12.5 Å². The van der Waals surface area contributed by atoms with Gasteiger partial charge >= 0.3 is 0 Å². The molecule has 0 bridgehead atoms. The second-order valence-corrected chi connectivity index (χ2v) is 5.00. The molecule has 0 aliphatic carbocycles. The van der Waals surface area contributed by atoms with Gasteiger partial charge in [0.15, 0.2) is 0 Å². The van der Waals surface area contributed by atoms with Crippen LogP contribution >= 0.6 is 15.9 Å². The Morgan fingerprint density at radius 3 is 2.38 bits per heavy atom. The second kappa shape index (κ2) is 5.62. The molecule has 0 aromatic heterocycles. The number of nitrogens with one attached hydrogen (secondary N) is 1. The van der Waals surface area contributed by atoms with Gasteiger partial charge in [0.05, 0.1) is 10.2 Å². The van der Waals surface area contributed by atoms with Crippen LogP contribution in [-0.4, -0.2) is 6.04 Å². The molecule has 0 spiro atoms. The summed E-state index contributed by atoms with van der Waals surface area (Å²) in [5, 5.41) is 3.03. The fraction of sp³-hybridized carbons (Fsp3) is 0.500. The van der Waals surface area contributed by atoms with Crippen LogP contribution in [0.2, 0.25) is 0 Å². The van der Waals surface area contributed by atoms with Crippen molar-refractivity contribution in [1.82, 2.24) is 0 Å². The highest BCUT2D eigenvalue weighted by atomic mass is 79.9. The number of halogens is 3. The molecule has 0 saturated heterocycles. The number of benzene rings is 1. The first kappa shape index (κ1) is 13.4. The topological polar surface area (TPSA) is 12.0 Å². The van der Waals surface area contributed by atoms with Crippen LogP contribution in [0.4, 0.5) is 14.5 Å². The minimum atomic E-state index is -0.456. The molecule has 0 heterocycles. The number of anilines is 1. The van der Waals surface area contributed by atoms with Crippen molar-refractivity contribution in [1.29, 1.82) is 0 Å². The van der Waals surface area contributed by atoms with Gasteiger partial charge in [-0.25, -0.2) is 8.78 Å². The molecule has 0 saturated carbocycles. The summed E-state index contributed by atoms with van der Waals surface area (Å²) in [5.74, 6) is -0.522. The Balaban J connectivity index is 2.92. The molecule has 0 fully saturated rings. The lowest BCUT2D eigenvalue weighted by Crippen LogP contribution is -2.25. The maximum absolute atomic E-state index is 13.5. The minimum Gasteiger partial charge on any atom is -0.380 e. The van der Waals surface area contributed by atoms with Gasteiger partial charge in [-0.1, -0.05) is 20.8 Å². The molecule has 1 N–H and O–H groups in total. The van der Waals surface area contributed by atoms with Gasteiger partial charge in [-0.2, -0.15) is 0 Å². The molecule has 1 atom stereocenters. The highest BCUT2D eigenvalue weighted by molar-refractivity contribution is 9.10. The van der Waals surface area contributed by atoms with Gasteiger partial charge < -0.3 is 5.32 Å². The lowest BCUT2D eigenvalue weighted by atomic mass is 10.0. The van der Waals surface area contributed by atoms with Crippen molar-refractivity contribution in [2.75, 3.05) is 5.32 Å². The Morgan fingerprint density at radius 2 is 1.88 bits per heavy atom. The first-order chi connectivity index (χ1) is 7.45. The average molecular weight is 292 g/mol. The molecule has 0 amide bonds. The second-order valence-electron chi connectivity index (χ2n) is 4.15. The van der Waals surface area contributed by atoms with Crippen molar-refractivity contribution in [2.45, 2.75) is 33.2 Å². The Morgan fingerprint density at radius 1 is 1.25 bits per heavy atom. The molecule has 1 rings (SSSR count). The number of hydrogen-bond acceptors (Lipinski definition) is 1. The van der Waals surface area contributed by atoms with Crippen molar-refractivity contribution in [2.24, 2.45) is 5.92 Å². The number of hydrogen-bond donors (Lipinski definition) is 1. The highest BCUT2D eigenvalue weighted by Crippen LogP contribution is 2.25. The van der Waals surface area contributed by atoms with Gasteiger partial charge in [-0.05, 0) is 34.3 Å². The highest BCUT2D eigenvalue weighted by Gasteiger charge is 2.14. The molecule has 1 unspecified atom stereocenters. The van der Waals surface area contributed by atoms with Crippen LogP contribution in [0.1, 0.15) is 27.2 Å². The maximum atomic E-state index is 13.5. The van der Waals surface area contributed by atoms with Crippen LogP contribution in [0.5, 0.6) is 0 Å². The molecule has 4 heteroatoms. The molecule has 0 radical (unpaired) electrons. The van der Waals surface area contributed by atoms with Crippen LogP contribution in [0.3, 0.4) is 0 Å². The van der Waals surface area contributed by atoms with E-state index in [1.54, 1.807) is 0 Å². The van der Waals surface area contributed by atoms with Crippen molar-refractivity contribution in [3.8, 4) is 0 Å². The first-order valence-corrected chi connectivity index (χ1v) is 6.16. The van der Waals surface area contributed by atoms with E-state index in [1.807, 2.05) is 20.8 Å². The van der Waals surface area contributed by atoms with E-state index in [-0.39, 0.29) is 16.2 Å². The quantitative estimate of drug-likeness (QED) is 0.801. The van der Waals surface area contributed by atoms with Gasteiger partial charge in [0.2, 0.25) is 0 Å². The molecule has 0 aliphatic heterocycles. The van der Waals surface area contributed by atoms with E-state index in [4.69, 9.17) is 0 Å². The molecule has 90 valence electrons. The zero-order chi connectivity index (χ0) is 12.3. The van der Waals surface area contributed by atoms with Crippen LogP contribution < -0.4 is 5.32 Å². The van der Waals surface area contributed by atoms with Gasteiger partial charge in [0, 0.05) is 12.1 Å². The third kappa shape index (κ3) is 3.17. The maximum Gasteiger partial charge on any atom is 0.147 e. The Hall–Kier alpha value is -0.640. The summed E-state index contributed by atoms with van der Waals surface area (Å²) in [7, 11) is 0. The van der Waals surface area contributed by atoms with Gasteiger partial charge in [-0.15, -0.1) is 0 Å². The zero-order valence-corrected chi connectivity index (χ0v) is 11.2. The van der Waals surface area contributed by atoms with Crippen LogP contribution in [-0.2, 0) is 0 Å². The van der Waals surface area contributed by atoms with Crippen LogP contribution in [0.15, 0.2) is 16.6 Å². The summed E-state index contributed by atoms with van der Waals surface area (Å²) in [6, 6.07) is 2.48. The normalized spacial score (nSPS) is 12.9. The molecule has 1 aromatic rings. The molecule has 0 aliphatic rings. The average Bonchev–Trinajstić information content (AvgIpc) is 2.21. The van der Waals surface area contributed by atoms with E-state index in [0.29, 0.717) is 5.92 Å². The Kier molecular flexibility index (Phi) is 4.71. The molecule has 16 heavy (non-hydrogen) atoms. The van der Waals surface area contributed by atoms with Gasteiger partial charge in [-0.3, -0.25) is 0 Å². The number of rotatable bonds is 4. The predicted octanol–water partition coefficient (Wildman–Crippen LogP) is 4.57. The zero-order valence-electron chi connectivity index (χ0n) is 9.65. The Labute approximate surface area is 103 Å². The van der Waals surface area contributed by atoms with Crippen LogP contribution in [0.25, 0.3) is 0 Å². The van der Waals surface area contributed by atoms with Gasteiger partial charge in [0.1, 0.15) is 11.6 Å². The molecular weight excluding hydrogens is 276 g/mol. The van der Waals surface area contributed by atoms with E-state index < -0.39 is 11.6 Å². The van der Waals surface area contributed by atoms with Crippen molar-refractivity contribution < 1.29 is 8.78 Å². The van der Waals surface area contributed by atoms with Crippen LogP contribution in [0, 0.1) is 17.6 Å². The summed E-state index contributed by atoms with van der Waals surface area (Å²) in [5.41, 5.74) is 0.223. The Bertz CT molecular complexity index is 366. The van der Waals surface area contributed by atoms with Crippen molar-refractivity contribution in [3.63, 3.8) is 0 Å². The summed E-state index contributed by atoms with van der Waals surface area (Å²) in [6.45, 7) is 6.12. The van der Waals surface area contributed by atoms with E-state index in [1.165, 1.54) is 6.07 Å². The van der Waals surface area contributed by atoms with Gasteiger partial charge in [0.25, 0.3) is 0 Å². The van der Waals surface area contributed by atoms with Crippen molar-refractivity contribution >= 4 is 21.6 Å². The third-order valence-corrected chi connectivity index (χ3v) is 3.20. The molecule has 1 aromatic carbocycles. The smallest absolute Gasteiger partial charge is 0.147 e. The molecular formula is C12H16BrF2N. The largest absolute Gasteiger partial charge is 0.380 e. The fourth-order valence-electron chi connectivity index (χ4n) is 1.57. The standard InChI is InChI=1S/C12H16BrF2N/c1-4-11(7(2)3)16-12-6-9(14)8(13)5-10(12)15/h5-7,11,16H,4H2,1-3H3. The van der Waals surface area contributed by atoms with Crippen molar-refractivity contribution in [3.05, 3.63) is 28.2 Å². The summed E-state index contributed by atoms with van der Waals surface area (Å²) in [4.78, 5) is 0. The van der Waals surface area contributed by atoms with E-state index in [2.05, 4.69) is 21.2 Å². The summed E-state index contributed by atoms with van der Waals surface area (Å²) in [6.07, 6.45) is 0.870. The monoisotopic (exact) mass is 291 g/mol. The van der Waals surface area contributed by atoms with E-state index >= 15 is 0 Å². The first-order valence-electron chi connectivity index (χ1n) is 5.36. The summed E-state index contributed by atoms with van der Waals surface area (Å²) < 4.78 is 26.9. The van der Waals surface area contributed by atoms with E-state index in [9.17, 15) is 8.78 Å².